The first-order chi connectivity index (χ1) is 21.7. The van der Waals surface area contributed by atoms with Crippen LogP contribution < -0.4 is 4.74 Å². The molecular formula is C33H31ClFN3O6S. The number of thiol groups is 1. The summed E-state index contributed by atoms with van der Waals surface area (Å²) >= 11 is 11.4. The molecule has 234 valence electrons. The highest BCUT2D eigenvalue weighted by atomic mass is 35.5. The molecule has 0 radical (unpaired) electrons. The highest BCUT2D eigenvalue weighted by Gasteiger charge is 2.30. The fourth-order valence-electron chi connectivity index (χ4n) is 6.03. The van der Waals surface area contributed by atoms with E-state index in [0.29, 0.717) is 82.9 Å². The van der Waals surface area contributed by atoms with Crippen LogP contribution in [0, 0.1) is 12.7 Å². The molecule has 1 aliphatic heterocycles. The normalized spacial score (nSPS) is 12.8. The van der Waals surface area contributed by atoms with Crippen molar-refractivity contribution in [2.45, 2.75) is 51.5 Å². The van der Waals surface area contributed by atoms with Gasteiger partial charge in [-0.3, -0.25) is 9.48 Å². The Morgan fingerprint density at radius 2 is 1.98 bits per heavy atom. The van der Waals surface area contributed by atoms with Crippen LogP contribution in [0.3, 0.4) is 0 Å². The lowest BCUT2D eigenvalue weighted by Gasteiger charge is -2.17. The molecule has 12 heteroatoms. The molecule has 0 aliphatic carbocycles. The molecule has 0 spiro atoms. The number of esters is 2. The number of halogens is 2. The van der Waals surface area contributed by atoms with Crippen molar-refractivity contribution in [2.75, 3.05) is 20.3 Å². The summed E-state index contributed by atoms with van der Waals surface area (Å²) in [6.45, 7) is 5.29. The number of carbonyl (C=O) groups is 2. The first-order valence-corrected chi connectivity index (χ1v) is 15.2. The third kappa shape index (κ3) is 5.87. The SMILES string of the molecule is COC(=O)c1c(C)c2c(-c3c(COC(C)=O)nn4c3COCC4)c(Cl)ccc2n1CCCOc1cc(S)cc2cc(F)ccc12. The largest absolute Gasteiger partial charge is 0.493 e. The molecule has 45 heavy (non-hydrogen) atoms. The van der Waals surface area contributed by atoms with Crippen LogP contribution in [0.5, 0.6) is 5.75 Å². The zero-order valence-corrected chi connectivity index (χ0v) is 26.6. The highest BCUT2D eigenvalue weighted by molar-refractivity contribution is 7.80. The Bertz CT molecular complexity index is 1960. The molecule has 1 aliphatic rings. The van der Waals surface area contributed by atoms with Gasteiger partial charge in [0.05, 0.1) is 39.2 Å². The van der Waals surface area contributed by atoms with Crippen molar-refractivity contribution < 1.29 is 32.9 Å². The lowest BCUT2D eigenvalue weighted by atomic mass is 9.96. The van der Waals surface area contributed by atoms with Crippen molar-refractivity contribution in [1.82, 2.24) is 14.3 Å². The zero-order chi connectivity index (χ0) is 31.8. The van der Waals surface area contributed by atoms with Crippen LogP contribution in [0.2, 0.25) is 5.02 Å². The van der Waals surface area contributed by atoms with Crippen molar-refractivity contribution >= 4 is 57.8 Å². The fourth-order valence-corrected chi connectivity index (χ4v) is 6.53. The van der Waals surface area contributed by atoms with Crippen LogP contribution in [-0.4, -0.2) is 46.6 Å². The van der Waals surface area contributed by atoms with E-state index < -0.39 is 11.9 Å². The van der Waals surface area contributed by atoms with Gasteiger partial charge in [0.15, 0.2) is 0 Å². The molecule has 0 N–H and O–H groups in total. The smallest absolute Gasteiger partial charge is 0.354 e. The Morgan fingerprint density at radius 1 is 1.16 bits per heavy atom. The van der Waals surface area contributed by atoms with E-state index in [0.717, 1.165) is 27.5 Å². The van der Waals surface area contributed by atoms with Crippen LogP contribution in [0.25, 0.3) is 32.8 Å². The van der Waals surface area contributed by atoms with E-state index in [1.165, 1.54) is 26.2 Å². The number of hydrogen-bond acceptors (Lipinski definition) is 8. The standard InChI is InChI=1S/C33H31ClFN3O6S/c1-18-29-26(8-7-24(34)30(29)31-25(16-44-19(2)39)36-38-10-12-42-17-27(31)38)37(32(18)33(40)41-3)9-4-11-43-28-15-22(45)14-20-13-21(35)5-6-23(20)28/h5-8,13-15,45H,4,9-12,16-17H2,1-3H3. The molecule has 0 unspecified atom stereocenters. The minimum absolute atomic E-state index is 0.0346. The van der Waals surface area contributed by atoms with Gasteiger partial charge < -0.3 is 23.5 Å². The first-order valence-electron chi connectivity index (χ1n) is 14.4. The van der Waals surface area contributed by atoms with Gasteiger partial charge >= 0.3 is 11.9 Å². The molecule has 6 rings (SSSR count). The summed E-state index contributed by atoms with van der Waals surface area (Å²) in [4.78, 5) is 25.6. The number of benzene rings is 3. The number of nitrogens with zero attached hydrogens (tertiary/aromatic N) is 3. The zero-order valence-electron chi connectivity index (χ0n) is 25.0. The number of methoxy groups -OCH3 is 1. The van der Waals surface area contributed by atoms with Gasteiger partial charge in [-0.05, 0) is 66.8 Å². The number of fused-ring (bicyclic) bond motifs is 3. The predicted molar refractivity (Wildman–Crippen MR) is 171 cm³/mol. The summed E-state index contributed by atoms with van der Waals surface area (Å²) in [5.41, 5.74) is 4.65. The lowest BCUT2D eigenvalue weighted by molar-refractivity contribution is -0.142. The van der Waals surface area contributed by atoms with Crippen molar-refractivity contribution in [3.05, 3.63) is 75.9 Å². The van der Waals surface area contributed by atoms with Crippen molar-refractivity contribution in [1.29, 1.82) is 0 Å². The minimum atomic E-state index is -0.483. The molecule has 0 atom stereocenters. The Hall–Kier alpha value is -4.06. The second kappa shape index (κ2) is 12.7. The van der Waals surface area contributed by atoms with Gasteiger partial charge in [0.1, 0.15) is 29.6 Å². The van der Waals surface area contributed by atoms with E-state index in [1.807, 2.05) is 22.2 Å². The maximum atomic E-state index is 13.8. The first kappa shape index (κ1) is 30.9. The Kier molecular flexibility index (Phi) is 8.76. The van der Waals surface area contributed by atoms with Gasteiger partial charge in [-0.25, -0.2) is 9.18 Å². The van der Waals surface area contributed by atoms with E-state index in [9.17, 15) is 14.0 Å². The van der Waals surface area contributed by atoms with Gasteiger partial charge in [0.25, 0.3) is 0 Å². The molecule has 0 amide bonds. The summed E-state index contributed by atoms with van der Waals surface area (Å²) in [7, 11) is 1.35. The maximum Gasteiger partial charge on any atom is 0.354 e. The van der Waals surface area contributed by atoms with Crippen molar-refractivity contribution in [3.63, 3.8) is 0 Å². The molecule has 0 fully saturated rings. The molecule has 3 heterocycles. The van der Waals surface area contributed by atoms with E-state index in [4.69, 9.17) is 35.6 Å². The summed E-state index contributed by atoms with van der Waals surface area (Å²) in [6.07, 6.45) is 0.541. The van der Waals surface area contributed by atoms with Crippen molar-refractivity contribution in [3.8, 4) is 16.9 Å². The minimum Gasteiger partial charge on any atom is -0.493 e. The second-order valence-electron chi connectivity index (χ2n) is 10.8. The van der Waals surface area contributed by atoms with E-state index in [1.54, 1.807) is 24.3 Å². The van der Waals surface area contributed by atoms with E-state index in [2.05, 4.69) is 12.6 Å². The van der Waals surface area contributed by atoms with Gasteiger partial charge in [-0.2, -0.15) is 5.10 Å². The molecule has 9 nitrogen and oxygen atoms in total. The van der Waals surface area contributed by atoms with Crippen LogP contribution in [0.1, 0.15) is 40.8 Å². The topological polar surface area (TPSA) is 93.8 Å². The predicted octanol–water partition coefficient (Wildman–Crippen LogP) is 6.90. The highest BCUT2D eigenvalue weighted by Crippen LogP contribution is 2.43. The second-order valence-corrected chi connectivity index (χ2v) is 11.7. The van der Waals surface area contributed by atoms with Gasteiger partial charge in [-0.15, -0.1) is 12.6 Å². The molecule has 2 aromatic heterocycles. The third-order valence-electron chi connectivity index (χ3n) is 7.93. The molecule has 5 aromatic rings. The van der Waals surface area contributed by atoms with E-state index >= 15 is 0 Å². The monoisotopic (exact) mass is 651 g/mol. The summed E-state index contributed by atoms with van der Waals surface area (Å²) in [6, 6.07) is 11.8. The van der Waals surface area contributed by atoms with Crippen LogP contribution in [-0.2, 0) is 45.3 Å². The van der Waals surface area contributed by atoms with Gasteiger partial charge in [-0.1, -0.05) is 11.6 Å². The molecular weight excluding hydrogens is 621 g/mol. The lowest BCUT2D eigenvalue weighted by Crippen LogP contribution is -2.17. The number of aryl methyl sites for hydroxylation is 2. The van der Waals surface area contributed by atoms with Crippen LogP contribution in [0.15, 0.2) is 47.4 Å². The van der Waals surface area contributed by atoms with Crippen LogP contribution in [0.4, 0.5) is 4.39 Å². The number of hydrogen-bond donors (Lipinski definition) is 1. The average Bonchev–Trinajstić information content (AvgIpc) is 3.52. The third-order valence-corrected chi connectivity index (χ3v) is 8.50. The van der Waals surface area contributed by atoms with Gasteiger partial charge in [0.2, 0.25) is 0 Å². The fraction of sp³-hybridized carbons (Fsp3) is 0.303. The number of ether oxygens (including phenoxy) is 4. The van der Waals surface area contributed by atoms with Crippen LogP contribution >= 0.6 is 24.2 Å². The molecule has 0 saturated heterocycles. The molecule has 3 aromatic carbocycles. The maximum absolute atomic E-state index is 13.8. The Labute approximate surface area is 269 Å². The Balaban J connectivity index is 1.39. The number of aromatic nitrogens is 3. The molecule has 0 saturated carbocycles. The quantitative estimate of drug-likeness (QED) is 0.105. The van der Waals surface area contributed by atoms with E-state index in [-0.39, 0.29) is 12.4 Å². The molecule has 0 bridgehead atoms. The number of carbonyl (C=O) groups excluding carboxylic acids is 2. The average molecular weight is 652 g/mol. The van der Waals surface area contributed by atoms with Crippen molar-refractivity contribution in [2.24, 2.45) is 0 Å². The summed E-state index contributed by atoms with van der Waals surface area (Å²) < 4.78 is 40.1. The summed E-state index contributed by atoms with van der Waals surface area (Å²) in [5, 5.41) is 7.45. The van der Waals surface area contributed by atoms with Gasteiger partial charge in [0, 0.05) is 50.8 Å². The summed E-state index contributed by atoms with van der Waals surface area (Å²) in [5.74, 6) is -0.643. The number of rotatable bonds is 9. The Morgan fingerprint density at radius 3 is 2.76 bits per heavy atom.